The Bertz CT molecular complexity index is 1010. The van der Waals surface area contributed by atoms with E-state index in [0.717, 1.165) is 42.9 Å². The molecule has 0 unspecified atom stereocenters. The summed E-state index contributed by atoms with van der Waals surface area (Å²) in [5.41, 5.74) is 2.76. The van der Waals surface area contributed by atoms with Crippen molar-refractivity contribution in [1.82, 2.24) is 14.7 Å². The van der Waals surface area contributed by atoms with Crippen LogP contribution in [0.3, 0.4) is 0 Å². The molecule has 172 valence electrons. The summed E-state index contributed by atoms with van der Waals surface area (Å²) in [6.07, 6.45) is 0.351. The van der Waals surface area contributed by atoms with E-state index in [1.165, 1.54) is 4.90 Å². The van der Waals surface area contributed by atoms with Crippen LogP contribution in [-0.2, 0) is 4.79 Å². The van der Waals surface area contributed by atoms with Crippen LogP contribution < -0.4 is 4.74 Å². The van der Waals surface area contributed by atoms with Gasteiger partial charge in [0.25, 0.3) is 0 Å². The lowest BCUT2D eigenvalue weighted by Crippen LogP contribution is -2.54. The van der Waals surface area contributed by atoms with Crippen LogP contribution >= 0.6 is 0 Å². The van der Waals surface area contributed by atoms with Gasteiger partial charge in [0.1, 0.15) is 18.4 Å². The van der Waals surface area contributed by atoms with E-state index < -0.39 is 12.1 Å². The second-order valence-electron chi connectivity index (χ2n) is 8.36. The van der Waals surface area contributed by atoms with Crippen LogP contribution in [0.5, 0.6) is 5.75 Å². The molecule has 2 aromatic carbocycles. The molecule has 8 heteroatoms. The van der Waals surface area contributed by atoms with Crippen LogP contribution in [0.1, 0.15) is 18.4 Å². The van der Waals surface area contributed by atoms with Gasteiger partial charge in [0.15, 0.2) is 0 Å². The molecule has 0 bridgehead atoms. The number of carbonyl (C=O) groups is 2. The second-order valence-corrected chi connectivity index (χ2v) is 8.36. The Morgan fingerprint density at radius 3 is 2.21 bits per heavy atom. The number of ether oxygens (including phenoxy) is 1. The van der Waals surface area contributed by atoms with Crippen molar-refractivity contribution in [3.05, 3.63) is 54.1 Å². The molecule has 2 fully saturated rings. The monoisotopic (exact) mass is 448 g/mol. The van der Waals surface area contributed by atoms with Crippen LogP contribution in [-0.4, -0.2) is 83.7 Å². The first kappa shape index (κ1) is 22.6. The first-order valence-electron chi connectivity index (χ1n) is 11.3. The van der Waals surface area contributed by atoms with Crippen molar-refractivity contribution in [2.45, 2.75) is 18.9 Å². The average Bonchev–Trinajstić information content (AvgIpc) is 3.35. The summed E-state index contributed by atoms with van der Waals surface area (Å²) >= 11 is 0. The van der Waals surface area contributed by atoms with Crippen LogP contribution in [0.15, 0.2) is 48.5 Å². The maximum atomic E-state index is 12.7. The van der Waals surface area contributed by atoms with Crippen LogP contribution in [0.4, 0.5) is 4.79 Å². The van der Waals surface area contributed by atoms with Crippen LogP contribution in [0.2, 0.25) is 0 Å². The Kier molecular flexibility index (Phi) is 7.10. The van der Waals surface area contributed by atoms with Crippen molar-refractivity contribution in [3.8, 4) is 22.9 Å². The van der Waals surface area contributed by atoms with Gasteiger partial charge in [0, 0.05) is 39.3 Å². The van der Waals surface area contributed by atoms with E-state index in [1.54, 1.807) is 4.90 Å². The molecule has 0 radical (unpaired) electrons. The number of benzene rings is 2. The summed E-state index contributed by atoms with van der Waals surface area (Å²) in [7, 11) is 0. The predicted octanol–water partition coefficient (Wildman–Crippen LogP) is 2.89. The molecule has 33 heavy (non-hydrogen) atoms. The number of likely N-dealkylation sites (tertiary alicyclic amines) is 1. The third-order valence-electron chi connectivity index (χ3n) is 6.35. The van der Waals surface area contributed by atoms with E-state index in [1.807, 2.05) is 48.5 Å². The van der Waals surface area contributed by atoms with Crippen molar-refractivity contribution in [2.75, 3.05) is 45.9 Å². The molecule has 0 saturated carbocycles. The third-order valence-corrected chi connectivity index (χ3v) is 6.35. The summed E-state index contributed by atoms with van der Waals surface area (Å²) < 4.78 is 5.89. The number of nitriles is 1. The summed E-state index contributed by atoms with van der Waals surface area (Å²) in [5, 5.41) is 18.2. The third kappa shape index (κ3) is 5.44. The topological polar surface area (TPSA) is 97.1 Å². The van der Waals surface area contributed by atoms with Gasteiger partial charge >= 0.3 is 6.09 Å². The summed E-state index contributed by atoms with van der Waals surface area (Å²) in [6.45, 7) is 4.50. The zero-order chi connectivity index (χ0) is 23.2. The molecule has 0 aromatic heterocycles. The Balaban J connectivity index is 1.20. The van der Waals surface area contributed by atoms with E-state index in [0.29, 0.717) is 38.2 Å². The first-order valence-corrected chi connectivity index (χ1v) is 11.3. The second kappa shape index (κ2) is 10.4. The summed E-state index contributed by atoms with van der Waals surface area (Å²) in [6, 6.07) is 17.0. The van der Waals surface area contributed by atoms with Crippen LogP contribution in [0.25, 0.3) is 11.1 Å². The quantitative estimate of drug-likeness (QED) is 0.730. The molecule has 2 amide bonds. The molecular formula is C25H28N4O4. The van der Waals surface area contributed by atoms with Gasteiger partial charge in [-0.2, -0.15) is 5.26 Å². The van der Waals surface area contributed by atoms with E-state index in [-0.39, 0.29) is 5.91 Å². The van der Waals surface area contributed by atoms with Gasteiger partial charge in [-0.3, -0.25) is 14.6 Å². The predicted molar refractivity (Wildman–Crippen MR) is 123 cm³/mol. The molecular weight excluding hydrogens is 420 g/mol. The van der Waals surface area contributed by atoms with Crippen molar-refractivity contribution in [3.63, 3.8) is 0 Å². The molecule has 2 aromatic rings. The minimum Gasteiger partial charge on any atom is -0.492 e. The largest absolute Gasteiger partial charge is 0.492 e. The van der Waals surface area contributed by atoms with Gasteiger partial charge in [-0.25, -0.2) is 4.79 Å². The normalized spacial score (nSPS) is 18.7. The molecule has 4 rings (SSSR count). The Morgan fingerprint density at radius 1 is 0.970 bits per heavy atom. The number of nitrogens with zero attached hydrogens (tertiary/aromatic N) is 4. The maximum absolute atomic E-state index is 12.7. The number of hydrogen-bond acceptors (Lipinski definition) is 5. The SMILES string of the molecule is N#Cc1ccc(-c2ccc(OCCN3CCN(C(=O)[C@@H]4CCCN4C(=O)O)CC3)cc2)cc1. The lowest BCUT2D eigenvalue weighted by atomic mass is 10.0. The number of amides is 2. The minimum atomic E-state index is -1.01. The zero-order valence-corrected chi connectivity index (χ0v) is 18.5. The number of rotatable bonds is 6. The van der Waals surface area contributed by atoms with Gasteiger partial charge in [0.2, 0.25) is 5.91 Å². The fourth-order valence-corrected chi connectivity index (χ4v) is 4.43. The number of carbonyl (C=O) groups excluding carboxylic acids is 1. The van der Waals surface area contributed by atoms with Crippen molar-refractivity contribution in [1.29, 1.82) is 5.26 Å². The van der Waals surface area contributed by atoms with Gasteiger partial charge in [0.05, 0.1) is 11.6 Å². The summed E-state index contributed by atoms with van der Waals surface area (Å²) in [5.74, 6) is 0.740. The number of hydrogen-bond donors (Lipinski definition) is 1. The standard InChI is InChI=1S/C25H28N4O4/c26-18-19-3-5-20(6-4-19)21-7-9-22(10-8-21)33-17-16-27-12-14-28(15-13-27)24(30)23-2-1-11-29(23)25(31)32/h3-10,23H,1-2,11-17H2,(H,31,32)/t23-/m0/s1. The highest BCUT2D eigenvalue weighted by atomic mass is 16.5. The molecule has 2 aliphatic heterocycles. The van der Waals surface area contributed by atoms with Gasteiger partial charge in [-0.1, -0.05) is 24.3 Å². The Morgan fingerprint density at radius 2 is 1.61 bits per heavy atom. The molecule has 0 spiro atoms. The molecule has 1 N–H and O–H groups in total. The fraction of sp³-hybridized carbons (Fsp3) is 0.400. The molecule has 2 heterocycles. The van der Waals surface area contributed by atoms with Gasteiger partial charge < -0.3 is 14.7 Å². The molecule has 1 atom stereocenters. The zero-order valence-electron chi connectivity index (χ0n) is 18.5. The average molecular weight is 449 g/mol. The van der Waals surface area contributed by atoms with E-state index in [9.17, 15) is 14.7 Å². The van der Waals surface area contributed by atoms with E-state index in [2.05, 4.69) is 11.0 Å². The maximum Gasteiger partial charge on any atom is 0.407 e. The Hall–Kier alpha value is -3.57. The first-order chi connectivity index (χ1) is 16.0. The fourth-order valence-electron chi connectivity index (χ4n) is 4.43. The smallest absolute Gasteiger partial charge is 0.407 e. The lowest BCUT2D eigenvalue weighted by Gasteiger charge is -2.36. The molecule has 2 saturated heterocycles. The van der Waals surface area contributed by atoms with Crippen molar-refractivity contribution >= 4 is 12.0 Å². The molecule has 2 aliphatic rings. The lowest BCUT2D eigenvalue weighted by molar-refractivity contribution is -0.137. The number of carboxylic acid groups (broad SMARTS) is 1. The summed E-state index contributed by atoms with van der Waals surface area (Å²) in [4.78, 5) is 29.4. The van der Waals surface area contributed by atoms with E-state index >= 15 is 0 Å². The molecule has 8 nitrogen and oxygen atoms in total. The Labute approximate surface area is 193 Å². The highest BCUT2D eigenvalue weighted by Crippen LogP contribution is 2.23. The highest BCUT2D eigenvalue weighted by Gasteiger charge is 2.37. The number of piperazine rings is 1. The van der Waals surface area contributed by atoms with Crippen molar-refractivity contribution < 1.29 is 19.4 Å². The van der Waals surface area contributed by atoms with E-state index in [4.69, 9.17) is 10.00 Å². The van der Waals surface area contributed by atoms with Crippen LogP contribution in [0, 0.1) is 11.3 Å². The molecule has 0 aliphatic carbocycles. The van der Waals surface area contributed by atoms with Gasteiger partial charge in [-0.15, -0.1) is 0 Å². The highest BCUT2D eigenvalue weighted by molar-refractivity contribution is 5.86. The van der Waals surface area contributed by atoms with Crippen molar-refractivity contribution in [2.24, 2.45) is 0 Å². The minimum absolute atomic E-state index is 0.0619. The van der Waals surface area contributed by atoms with Gasteiger partial charge in [-0.05, 0) is 48.2 Å².